The molecule has 39 heteroatoms. The monoisotopic (exact) mass is 1680 g/mol. The third-order valence-corrected chi connectivity index (χ3v) is 22.6. The molecule has 671 valence electrons. The average Bonchev–Trinajstić information content (AvgIpc) is 0.766. The van der Waals surface area contributed by atoms with E-state index in [0.29, 0.717) is 0 Å². The Morgan fingerprint density at radius 3 is 0.733 bits per heavy atom. The number of alkyl carbamates (subject to hydrolysis) is 1. The number of methoxy groups -OCH3 is 20. The van der Waals surface area contributed by atoms with Crippen LogP contribution < -0.4 is 5.32 Å². The summed E-state index contributed by atoms with van der Waals surface area (Å²) in [5.41, 5.74) is -0.424. The number of rotatable bonds is 34. The molecule has 36 atom stereocenters. The minimum Gasteiger partial charge on any atom is -0.448 e. The van der Waals surface area contributed by atoms with Crippen molar-refractivity contribution in [1.82, 2.24) is 10.4 Å². The Morgan fingerprint density at radius 2 is 0.534 bits per heavy atom. The predicted octanol–water partition coefficient (Wildman–Crippen LogP) is 1.41. The van der Waals surface area contributed by atoms with Crippen LogP contribution in [-0.2, 0) is 171 Å². The van der Waals surface area contributed by atoms with Gasteiger partial charge in [-0.25, -0.2) is 4.79 Å². The zero-order valence-electron chi connectivity index (χ0n) is 71.5. The Balaban J connectivity index is 1.14. The van der Waals surface area contributed by atoms with Crippen LogP contribution in [0.1, 0.15) is 39.3 Å². The van der Waals surface area contributed by atoms with Crippen LogP contribution >= 0.6 is 0 Å². The molecule has 21 aliphatic heterocycles. The van der Waals surface area contributed by atoms with Gasteiger partial charge in [-0.2, -0.15) is 0 Å². The van der Waals surface area contributed by atoms with E-state index >= 15 is 0 Å². The standard InChI is InChI=1S/C77H131N2O37/c1-38(2)47(39-28-26-25-27-29-39)79(81)77(3,4)37-102-76(80)78-30-40-48-55(88-11)62(95-18)69(103-40)111-49-41(31-82-5)105-71(64(97-20)56(49)89-12)113-51-43(33-84-7)107-73(66(99-22)58(51)91-14)115-53-45(35-86-9)109-75(68(101-24)60(53)93-16)116-54-46(36-87-10)108-74(67(100-23)61(54)94-17)114-52-44(34-85-8)106-72(65(98-21)59(52)92-15)112-50-42(32-83-6)104-70(110-48)63(96-19)57(50)90-13/h25-29,38,40-75H,30-37H2,1-24H3,(H,78,80)/t40-,41-,42-,43-,44-,45-,46-,47?,48-,49-,50-,51-,52-,53-,54-,55+,56+,57+,58+,59+,60+,61+,62-,63-,64-,65-,66-,67-,68-,69-,70-,71-,72-,73-,74-,75-/m1/s1. The molecule has 1 aromatic rings. The maximum atomic E-state index is 14.4. The van der Waals surface area contributed by atoms with Crippen molar-refractivity contribution in [2.24, 2.45) is 5.92 Å². The number of hydrogen-bond donors (Lipinski definition) is 1. The Labute approximate surface area is 680 Å². The number of nitrogens with one attached hydrogen (secondary N) is 1. The molecular formula is C77H131N2O37. The van der Waals surface area contributed by atoms with Gasteiger partial charge in [0.2, 0.25) is 0 Å². The van der Waals surface area contributed by atoms with Gasteiger partial charge in [-0.05, 0) is 25.3 Å². The molecule has 116 heavy (non-hydrogen) atoms. The summed E-state index contributed by atoms with van der Waals surface area (Å²) < 4.78 is 228. The van der Waals surface area contributed by atoms with Crippen LogP contribution in [0.2, 0.25) is 0 Å². The Kier molecular flexibility index (Phi) is 39.0. The SMILES string of the molecule is COC[C@H]1O[C@@H]2O[C@H]3[C@H](OC)[C@@H](OC)[C@@H](O[C@H]4[C@H](OC)[C@@H](OC)[C@@H](O[C@H]5[C@H](OC)[C@@H](OC)[C@@H](O[C@H]6[C@H](OC)[C@@H](OC)[C@@H](O[C@H]7[C@H](OC)[C@@H](OC)[C@@H](O[C@H]8[C@H](OC)[C@@H](OC)[C@@H](O[C@H]1[C@H](OC)[C@H]2OC)O[C@@H]8CNC(=O)OCC(C)(C)N([O])C(c1ccccc1)C(C)C)O[C@@H]7COC)O[C@@H]6COC)O[C@@H]5COC)O[C@@H]4COC)O[C@@H]3COC. The van der Waals surface area contributed by atoms with E-state index in [1.54, 1.807) is 13.8 Å². The van der Waals surface area contributed by atoms with Crippen molar-refractivity contribution >= 4 is 6.09 Å². The average molecular weight is 1680 g/mol. The van der Waals surface area contributed by atoms with E-state index in [1.807, 2.05) is 44.2 Å². The van der Waals surface area contributed by atoms with Gasteiger partial charge in [0.25, 0.3) is 0 Å². The van der Waals surface area contributed by atoms with E-state index in [2.05, 4.69) is 5.32 Å². The van der Waals surface area contributed by atoms with Crippen molar-refractivity contribution in [1.29, 1.82) is 0 Å². The second-order valence-electron chi connectivity index (χ2n) is 30.2. The minimum absolute atomic E-state index is 0.0668. The van der Waals surface area contributed by atoms with Crippen molar-refractivity contribution in [2.45, 2.75) is 254 Å². The highest BCUT2D eigenvalue weighted by atomic mass is 16.8. The van der Waals surface area contributed by atoms with E-state index in [1.165, 1.54) is 142 Å². The first kappa shape index (κ1) is 96.9. The smallest absolute Gasteiger partial charge is 0.407 e. The van der Waals surface area contributed by atoms with Crippen molar-refractivity contribution in [3.8, 4) is 0 Å². The summed E-state index contributed by atoms with van der Waals surface area (Å²) in [6, 6.07) is 8.84. The summed E-state index contributed by atoms with van der Waals surface area (Å²) in [4.78, 5) is 14.4. The first-order valence-corrected chi connectivity index (χ1v) is 39.0. The fraction of sp³-hybridized carbons (Fsp3) is 0.909. The molecule has 0 spiro atoms. The molecule has 22 rings (SSSR count). The number of hydroxylamine groups is 2. The number of benzene rings is 1. The second-order valence-corrected chi connectivity index (χ2v) is 30.2. The normalized spacial score (nSPS) is 41.2. The molecule has 39 nitrogen and oxygen atoms in total. The first-order chi connectivity index (χ1) is 56.1. The van der Waals surface area contributed by atoms with Crippen LogP contribution in [0.4, 0.5) is 4.79 Å². The molecule has 0 aromatic heterocycles. The van der Waals surface area contributed by atoms with E-state index in [9.17, 15) is 10.0 Å². The summed E-state index contributed by atoms with van der Waals surface area (Å²) in [7, 11) is 29.7. The van der Waals surface area contributed by atoms with Crippen LogP contribution in [0, 0.1) is 5.92 Å². The van der Waals surface area contributed by atoms with Crippen LogP contribution in [0.15, 0.2) is 30.3 Å². The van der Waals surface area contributed by atoms with Crippen LogP contribution in [-0.4, -0.2) is 427 Å². The van der Waals surface area contributed by atoms with Crippen LogP contribution in [0.5, 0.6) is 0 Å². The van der Waals surface area contributed by atoms with Crippen molar-refractivity contribution < 1.29 is 176 Å². The highest BCUT2D eigenvalue weighted by Gasteiger charge is 2.63. The third-order valence-electron chi connectivity index (χ3n) is 22.6. The van der Waals surface area contributed by atoms with E-state index < -0.39 is 233 Å². The van der Waals surface area contributed by atoms with Gasteiger partial charge < -0.3 is 171 Å². The van der Waals surface area contributed by atoms with Gasteiger partial charge in [0.05, 0.1) is 51.2 Å². The van der Waals surface area contributed by atoms with Crippen LogP contribution in [0.25, 0.3) is 0 Å². The molecule has 0 aliphatic carbocycles. The van der Waals surface area contributed by atoms with Crippen molar-refractivity contribution in [3.05, 3.63) is 35.9 Å². The number of nitrogens with zero attached hydrogens (tertiary/aromatic N) is 1. The molecule has 21 aliphatic rings. The fourth-order valence-electron chi connectivity index (χ4n) is 17.1. The van der Waals surface area contributed by atoms with E-state index in [0.717, 1.165) is 10.6 Å². The topological polar surface area (TPSA) is 375 Å². The summed E-state index contributed by atoms with van der Waals surface area (Å²) in [6.07, 6.45) is -40.2. The van der Waals surface area contributed by atoms with Gasteiger partial charge in [-0.15, -0.1) is 10.3 Å². The lowest BCUT2D eigenvalue weighted by Gasteiger charge is -2.52. The number of ether oxygens (including phenoxy) is 35. The summed E-state index contributed by atoms with van der Waals surface area (Å²) in [6.45, 7) is 6.08. The molecule has 0 saturated carbocycles. The number of amides is 1. The van der Waals surface area contributed by atoms with Gasteiger partial charge in [-0.1, -0.05) is 44.2 Å². The zero-order valence-corrected chi connectivity index (χ0v) is 71.5. The molecule has 1 aromatic carbocycles. The largest absolute Gasteiger partial charge is 0.448 e. The van der Waals surface area contributed by atoms with Gasteiger partial charge in [-0.3, -0.25) is 0 Å². The van der Waals surface area contributed by atoms with E-state index in [4.69, 9.17) is 166 Å². The first-order valence-electron chi connectivity index (χ1n) is 39.0. The molecule has 1 amide bonds. The number of carbonyl (C=O) groups is 1. The Hall–Kier alpha value is -2.95. The zero-order chi connectivity index (χ0) is 84.2. The molecule has 1 radical (unpaired) electrons. The molecule has 14 bridgehead atoms. The maximum Gasteiger partial charge on any atom is 0.407 e. The van der Waals surface area contributed by atoms with Crippen molar-refractivity contribution in [2.75, 3.05) is 195 Å². The number of hydrogen-bond acceptors (Lipinski definition) is 37. The van der Waals surface area contributed by atoms with E-state index in [-0.39, 0.29) is 58.7 Å². The molecule has 21 saturated heterocycles. The number of carbonyl (C=O) groups excluding carboxylic acids is 1. The summed E-state index contributed by atoms with van der Waals surface area (Å²) >= 11 is 0. The highest BCUT2D eigenvalue weighted by Crippen LogP contribution is 2.44. The molecule has 1 N–H and O–H groups in total. The summed E-state index contributed by atoms with van der Waals surface area (Å²) in [5, 5.41) is 18.3. The molecule has 1 unspecified atom stereocenters. The lowest BCUT2D eigenvalue weighted by molar-refractivity contribution is -0.402. The van der Waals surface area contributed by atoms with Crippen LogP contribution in [0.3, 0.4) is 0 Å². The van der Waals surface area contributed by atoms with Gasteiger partial charge in [0, 0.05) is 149 Å². The third kappa shape index (κ3) is 21.9. The summed E-state index contributed by atoms with van der Waals surface area (Å²) in [5.74, 6) is -0.116. The predicted molar refractivity (Wildman–Crippen MR) is 397 cm³/mol. The van der Waals surface area contributed by atoms with Gasteiger partial charge >= 0.3 is 6.09 Å². The molecule has 21 fully saturated rings. The lowest BCUT2D eigenvalue weighted by Crippen LogP contribution is -2.69. The molecular weight excluding hydrogens is 1540 g/mol. The lowest BCUT2D eigenvalue weighted by atomic mass is 9.92. The maximum absolute atomic E-state index is 14.4. The van der Waals surface area contributed by atoms with Gasteiger partial charge in [0.15, 0.2) is 44.0 Å². The quantitative estimate of drug-likeness (QED) is 0.0953. The fourth-order valence-corrected chi connectivity index (χ4v) is 17.1. The van der Waals surface area contributed by atoms with Gasteiger partial charge in [0.1, 0.15) is 178 Å². The van der Waals surface area contributed by atoms with Crippen molar-refractivity contribution in [3.63, 3.8) is 0 Å². The minimum atomic E-state index is -1.43. The highest BCUT2D eigenvalue weighted by molar-refractivity contribution is 5.67. The Bertz CT molecular complexity index is 2920. The molecule has 21 heterocycles. The second kappa shape index (κ2) is 46.7. The Morgan fingerprint density at radius 1 is 0.328 bits per heavy atom.